The van der Waals surface area contributed by atoms with E-state index in [9.17, 15) is 9.59 Å². The number of carbonyl (C=O) groups excluding carboxylic acids is 2. The average molecular weight is 308 g/mol. The van der Waals surface area contributed by atoms with Crippen LogP contribution in [0.15, 0.2) is 55.0 Å². The van der Waals surface area contributed by atoms with E-state index in [0.717, 1.165) is 11.3 Å². The van der Waals surface area contributed by atoms with Crippen molar-refractivity contribution in [2.45, 2.75) is 13.5 Å². The first kappa shape index (κ1) is 14.8. The van der Waals surface area contributed by atoms with Gasteiger partial charge in [-0.3, -0.25) is 9.59 Å². The Morgan fingerprint density at radius 3 is 2.74 bits per heavy atom. The lowest BCUT2D eigenvalue weighted by Gasteiger charge is -2.01. The molecule has 2 heterocycles. The van der Waals surface area contributed by atoms with Crippen LogP contribution in [0.1, 0.15) is 33.3 Å². The Hall–Kier alpha value is -3.15. The molecule has 2 N–H and O–H groups in total. The molecular weight excluding hydrogens is 292 g/mol. The van der Waals surface area contributed by atoms with Crippen LogP contribution in [0.4, 0.5) is 0 Å². The number of hydrogen-bond donors (Lipinski definition) is 2. The summed E-state index contributed by atoms with van der Waals surface area (Å²) in [5.41, 5.74) is 2.71. The van der Waals surface area contributed by atoms with Crippen molar-refractivity contribution in [1.29, 1.82) is 0 Å². The van der Waals surface area contributed by atoms with Crippen LogP contribution in [0, 0.1) is 0 Å². The highest BCUT2D eigenvalue weighted by Gasteiger charge is 2.10. The number of aromatic nitrogens is 3. The zero-order valence-corrected chi connectivity index (χ0v) is 12.6. The van der Waals surface area contributed by atoms with Crippen molar-refractivity contribution in [3.05, 3.63) is 71.8 Å². The van der Waals surface area contributed by atoms with Gasteiger partial charge in [0.2, 0.25) is 0 Å². The van der Waals surface area contributed by atoms with Crippen molar-refractivity contribution in [2.75, 3.05) is 0 Å². The number of hydrogen-bond acceptors (Lipinski definition) is 3. The van der Waals surface area contributed by atoms with Gasteiger partial charge in [0.15, 0.2) is 5.78 Å². The third kappa shape index (κ3) is 3.37. The highest BCUT2D eigenvalue weighted by Crippen LogP contribution is 2.08. The molecule has 3 aromatic rings. The summed E-state index contributed by atoms with van der Waals surface area (Å²) < 4.78 is 1.75. The lowest BCUT2D eigenvalue weighted by Crippen LogP contribution is -2.22. The minimum atomic E-state index is -0.259. The fraction of sp³-hybridized carbons (Fsp3) is 0.118. The Bertz CT molecular complexity index is 833. The van der Waals surface area contributed by atoms with Gasteiger partial charge >= 0.3 is 0 Å². The number of ketones is 1. The summed E-state index contributed by atoms with van der Waals surface area (Å²) in [6.45, 7) is 1.82. The summed E-state index contributed by atoms with van der Waals surface area (Å²) in [6.07, 6.45) is 5.11. The van der Waals surface area contributed by atoms with Crippen molar-refractivity contribution < 1.29 is 9.59 Å². The van der Waals surface area contributed by atoms with E-state index in [1.54, 1.807) is 16.9 Å². The van der Waals surface area contributed by atoms with Gasteiger partial charge in [-0.1, -0.05) is 18.2 Å². The minimum absolute atomic E-state index is 0.0792. The topological polar surface area (TPSA) is 79.8 Å². The molecule has 23 heavy (non-hydrogen) atoms. The monoisotopic (exact) mass is 308 g/mol. The van der Waals surface area contributed by atoms with E-state index in [-0.39, 0.29) is 11.7 Å². The zero-order chi connectivity index (χ0) is 16.2. The Morgan fingerprint density at radius 2 is 2.04 bits per heavy atom. The van der Waals surface area contributed by atoms with E-state index in [2.05, 4.69) is 15.4 Å². The van der Waals surface area contributed by atoms with E-state index in [1.165, 1.54) is 13.1 Å². The molecule has 1 amide bonds. The maximum absolute atomic E-state index is 12.0. The van der Waals surface area contributed by atoms with Gasteiger partial charge in [0.25, 0.3) is 5.91 Å². The number of nitrogens with zero attached hydrogens (tertiary/aromatic N) is 2. The maximum atomic E-state index is 12.0. The second-order valence-corrected chi connectivity index (χ2v) is 5.17. The molecule has 0 unspecified atom stereocenters. The summed E-state index contributed by atoms with van der Waals surface area (Å²) in [5, 5.41) is 7.07. The third-order valence-corrected chi connectivity index (χ3v) is 3.44. The molecule has 116 valence electrons. The second kappa shape index (κ2) is 6.31. The first-order chi connectivity index (χ1) is 11.1. The fourth-order valence-electron chi connectivity index (χ4n) is 2.18. The van der Waals surface area contributed by atoms with Crippen LogP contribution in [0.25, 0.3) is 5.69 Å². The summed E-state index contributed by atoms with van der Waals surface area (Å²) in [4.78, 5) is 26.1. The molecule has 0 aliphatic carbocycles. The first-order valence-corrected chi connectivity index (χ1v) is 7.20. The zero-order valence-electron chi connectivity index (χ0n) is 12.6. The third-order valence-electron chi connectivity index (χ3n) is 3.44. The molecule has 0 saturated carbocycles. The Labute approximate surface area is 133 Å². The number of Topliss-reactive ketones (excluding diaryl/α,β-unsaturated/α-hetero) is 1. The van der Waals surface area contributed by atoms with Gasteiger partial charge < -0.3 is 10.3 Å². The van der Waals surface area contributed by atoms with E-state index < -0.39 is 0 Å². The molecule has 0 saturated heterocycles. The molecule has 0 fully saturated rings. The van der Waals surface area contributed by atoms with E-state index in [1.807, 2.05) is 36.5 Å². The molecular formula is C17H16N4O2. The highest BCUT2D eigenvalue weighted by atomic mass is 16.2. The summed E-state index contributed by atoms with van der Waals surface area (Å²) in [7, 11) is 0. The smallest absolute Gasteiger partial charge is 0.267 e. The van der Waals surface area contributed by atoms with Crippen LogP contribution in [-0.4, -0.2) is 26.5 Å². The number of para-hydroxylation sites is 1. The van der Waals surface area contributed by atoms with Gasteiger partial charge in [0, 0.05) is 30.1 Å². The van der Waals surface area contributed by atoms with E-state index in [4.69, 9.17) is 0 Å². The van der Waals surface area contributed by atoms with Crippen LogP contribution in [0.3, 0.4) is 0 Å². The summed E-state index contributed by atoms with van der Waals surface area (Å²) in [5.74, 6) is -0.339. The SMILES string of the molecule is CC(=O)c1c[nH]c(C(=O)NCc2cnn(-c3ccccc3)c2)c1. The Balaban J connectivity index is 1.63. The van der Waals surface area contributed by atoms with E-state index in [0.29, 0.717) is 17.8 Å². The quantitative estimate of drug-likeness (QED) is 0.710. The van der Waals surface area contributed by atoms with E-state index >= 15 is 0 Å². The first-order valence-electron chi connectivity index (χ1n) is 7.20. The number of rotatable bonds is 5. The number of H-pyrrole nitrogens is 1. The normalized spacial score (nSPS) is 10.5. The lowest BCUT2D eigenvalue weighted by molar-refractivity contribution is 0.0946. The molecule has 3 rings (SSSR count). The summed E-state index contributed by atoms with van der Waals surface area (Å²) >= 11 is 0. The van der Waals surface area contributed by atoms with Gasteiger partial charge in [-0.2, -0.15) is 5.10 Å². The van der Waals surface area contributed by atoms with Crippen molar-refractivity contribution >= 4 is 11.7 Å². The van der Waals surface area contributed by atoms with Gasteiger partial charge in [-0.15, -0.1) is 0 Å². The number of carbonyl (C=O) groups is 2. The standard InChI is InChI=1S/C17H16N4O2/c1-12(22)14-7-16(18-10-14)17(23)19-8-13-9-20-21(11-13)15-5-3-2-4-6-15/h2-7,9-11,18H,8H2,1H3,(H,19,23). The van der Waals surface area contributed by atoms with Crippen molar-refractivity contribution in [3.63, 3.8) is 0 Å². The molecule has 0 aliphatic rings. The van der Waals surface area contributed by atoms with Crippen LogP contribution in [-0.2, 0) is 6.54 Å². The number of amides is 1. The lowest BCUT2D eigenvalue weighted by atomic mass is 10.2. The Kier molecular flexibility index (Phi) is 4.05. The number of benzene rings is 1. The molecule has 0 aliphatic heterocycles. The largest absolute Gasteiger partial charge is 0.356 e. The van der Waals surface area contributed by atoms with Crippen LogP contribution in [0.2, 0.25) is 0 Å². The number of nitrogens with one attached hydrogen (secondary N) is 2. The second-order valence-electron chi connectivity index (χ2n) is 5.17. The maximum Gasteiger partial charge on any atom is 0.267 e. The molecule has 6 nitrogen and oxygen atoms in total. The molecule has 0 atom stereocenters. The van der Waals surface area contributed by atoms with Crippen molar-refractivity contribution in [1.82, 2.24) is 20.1 Å². The van der Waals surface area contributed by atoms with Crippen LogP contribution >= 0.6 is 0 Å². The molecule has 0 radical (unpaired) electrons. The van der Waals surface area contributed by atoms with Gasteiger partial charge in [0.05, 0.1) is 11.9 Å². The number of aromatic amines is 1. The predicted molar refractivity (Wildman–Crippen MR) is 85.5 cm³/mol. The molecule has 6 heteroatoms. The fourth-order valence-corrected chi connectivity index (χ4v) is 2.18. The minimum Gasteiger partial charge on any atom is -0.356 e. The van der Waals surface area contributed by atoms with Gasteiger partial charge in [0.1, 0.15) is 5.69 Å². The molecule has 0 bridgehead atoms. The molecule has 0 spiro atoms. The van der Waals surface area contributed by atoms with Crippen LogP contribution < -0.4 is 5.32 Å². The van der Waals surface area contributed by atoms with Gasteiger partial charge in [-0.05, 0) is 25.1 Å². The Morgan fingerprint density at radius 1 is 1.26 bits per heavy atom. The average Bonchev–Trinajstić information content (AvgIpc) is 3.23. The predicted octanol–water partition coefficient (Wildman–Crippen LogP) is 2.33. The molecule has 1 aromatic carbocycles. The van der Waals surface area contributed by atoms with Gasteiger partial charge in [-0.25, -0.2) is 4.68 Å². The van der Waals surface area contributed by atoms with Crippen molar-refractivity contribution in [2.24, 2.45) is 0 Å². The van der Waals surface area contributed by atoms with Crippen molar-refractivity contribution in [3.8, 4) is 5.69 Å². The molecule has 2 aromatic heterocycles. The summed E-state index contributed by atoms with van der Waals surface area (Å²) in [6, 6.07) is 11.3. The highest BCUT2D eigenvalue weighted by molar-refractivity contribution is 5.99. The van der Waals surface area contributed by atoms with Crippen LogP contribution in [0.5, 0.6) is 0 Å².